The lowest BCUT2D eigenvalue weighted by molar-refractivity contribution is -0.613. The molecule has 6 nitrogen and oxygen atoms in total. The van der Waals surface area contributed by atoms with Crippen molar-refractivity contribution in [3.63, 3.8) is 0 Å². The molecule has 0 saturated carbocycles. The lowest BCUT2D eigenvalue weighted by atomic mass is 10.4. The van der Waals surface area contributed by atoms with Gasteiger partial charge in [0, 0.05) is 5.02 Å². The average molecular weight is 251 g/mol. The van der Waals surface area contributed by atoms with Crippen LogP contribution in [-0.4, -0.2) is 24.9 Å². The highest BCUT2D eigenvalue weighted by atomic mass is 35.5. The second kappa shape index (κ2) is 4.03. The van der Waals surface area contributed by atoms with Gasteiger partial charge in [-0.15, -0.1) is 0 Å². The van der Waals surface area contributed by atoms with Gasteiger partial charge in [-0.3, -0.25) is 0 Å². The molecule has 0 unspecified atom stereocenters. The lowest BCUT2D eigenvalue weighted by Crippen LogP contribution is -2.32. The van der Waals surface area contributed by atoms with Crippen LogP contribution in [0.5, 0.6) is 0 Å². The summed E-state index contributed by atoms with van der Waals surface area (Å²) in [4.78, 5) is 10.1. The van der Waals surface area contributed by atoms with Gasteiger partial charge >= 0.3 is 10.0 Å². The van der Waals surface area contributed by atoms with Crippen LogP contribution in [0.2, 0.25) is 5.02 Å². The van der Waals surface area contributed by atoms with Crippen LogP contribution >= 0.6 is 11.6 Å². The second-order valence-corrected chi connectivity index (χ2v) is 5.02. The number of halogens is 1. The highest BCUT2D eigenvalue weighted by Crippen LogP contribution is 2.17. The third-order valence-corrected chi connectivity index (χ3v) is 3.64. The van der Waals surface area contributed by atoms with Crippen LogP contribution in [0.15, 0.2) is 29.2 Å². The molecule has 1 aromatic carbocycles. The van der Waals surface area contributed by atoms with Gasteiger partial charge in [-0.25, -0.2) is 10.1 Å². The van der Waals surface area contributed by atoms with Crippen molar-refractivity contribution in [3.8, 4) is 0 Å². The smallest absolute Gasteiger partial charge is 0.234 e. The molecule has 0 N–H and O–H groups in total. The molecule has 0 fully saturated rings. The van der Waals surface area contributed by atoms with Gasteiger partial charge in [0.2, 0.25) is 0 Å². The second-order valence-electron chi connectivity index (χ2n) is 2.63. The van der Waals surface area contributed by atoms with E-state index in [9.17, 15) is 18.5 Å². The Morgan fingerprint density at radius 2 is 1.80 bits per heavy atom. The van der Waals surface area contributed by atoms with Gasteiger partial charge in [0.25, 0.3) is 0 Å². The summed E-state index contributed by atoms with van der Waals surface area (Å²) in [6.45, 7) is 0. The summed E-state index contributed by atoms with van der Waals surface area (Å²) >= 11 is 5.56. The van der Waals surface area contributed by atoms with E-state index in [0.29, 0.717) is 5.02 Å². The monoisotopic (exact) mass is 250 g/mol. The van der Waals surface area contributed by atoms with Crippen LogP contribution in [0.25, 0.3) is 0 Å². The standard InChI is InChI=1S/C7H7ClN2O4S/c1-9(10(11)12)15(13,14)7-4-2-6(8)3-5-7/h2-5H,1H3. The summed E-state index contributed by atoms with van der Waals surface area (Å²) in [7, 11) is -3.21. The van der Waals surface area contributed by atoms with Crippen LogP contribution in [0.1, 0.15) is 0 Å². The molecular weight excluding hydrogens is 244 g/mol. The van der Waals surface area contributed by atoms with Crippen molar-refractivity contribution in [2.75, 3.05) is 7.05 Å². The van der Waals surface area contributed by atoms with E-state index in [1.807, 2.05) is 0 Å². The van der Waals surface area contributed by atoms with Gasteiger partial charge in [-0.1, -0.05) is 11.6 Å². The Kier molecular flexibility index (Phi) is 3.15. The zero-order chi connectivity index (χ0) is 11.6. The summed E-state index contributed by atoms with van der Waals surface area (Å²) in [5, 5.41) is 9.66. The van der Waals surface area contributed by atoms with Crippen LogP contribution in [0.4, 0.5) is 0 Å². The highest BCUT2D eigenvalue weighted by molar-refractivity contribution is 7.89. The van der Waals surface area contributed by atoms with Gasteiger partial charge in [0.05, 0.1) is 11.9 Å². The van der Waals surface area contributed by atoms with Crippen molar-refractivity contribution < 1.29 is 13.5 Å². The molecule has 0 atom stereocenters. The zero-order valence-electron chi connectivity index (χ0n) is 7.62. The van der Waals surface area contributed by atoms with Gasteiger partial charge in [-0.2, -0.15) is 8.42 Å². The number of nitro groups is 1. The quantitative estimate of drug-likeness (QED) is 0.595. The molecule has 82 valence electrons. The molecule has 0 aliphatic heterocycles. The van der Waals surface area contributed by atoms with Gasteiger partial charge < -0.3 is 0 Å². The highest BCUT2D eigenvalue weighted by Gasteiger charge is 2.27. The topological polar surface area (TPSA) is 80.5 Å². The number of nitrogens with zero attached hydrogens (tertiary/aromatic N) is 2. The average Bonchev–Trinajstić information content (AvgIpc) is 2.17. The Labute approximate surface area is 91.2 Å². The van der Waals surface area contributed by atoms with Crippen LogP contribution in [0.3, 0.4) is 0 Å². The van der Waals surface area contributed by atoms with Crippen molar-refractivity contribution in [1.82, 2.24) is 4.41 Å². The molecule has 0 heterocycles. The van der Waals surface area contributed by atoms with E-state index in [0.717, 1.165) is 7.05 Å². The minimum Gasteiger partial charge on any atom is -0.234 e. The number of rotatable bonds is 3. The molecule has 0 spiro atoms. The Morgan fingerprint density at radius 1 is 1.33 bits per heavy atom. The van der Waals surface area contributed by atoms with E-state index in [1.165, 1.54) is 24.3 Å². The van der Waals surface area contributed by atoms with Crippen LogP contribution in [0, 0.1) is 10.1 Å². The number of hydrogen-bond donors (Lipinski definition) is 0. The van der Waals surface area contributed by atoms with Crippen molar-refractivity contribution in [1.29, 1.82) is 0 Å². The fourth-order valence-electron chi connectivity index (χ4n) is 0.847. The lowest BCUT2D eigenvalue weighted by Gasteiger charge is -2.08. The first-order chi connectivity index (χ1) is 6.85. The Bertz CT molecular complexity index is 470. The fourth-order valence-corrected chi connectivity index (χ4v) is 1.93. The predicted octanol–water partition coefficient (Wildman–Crippen LogP) is 1.15. The Hall–Kier alpha value is -1.34. The van der Waals surface area contributed by atoms with E-state index in [2.05, 4.69) is 0 Å². The fraction of sp³-hybridized carbons (Fsp3) is 0.143. The van der Waals surface area contributed by atoms with E-state index in [4.69, 9.17) is 11.6 Å². The van der Waals surface area contributed by atoms with E-state index in [1.54, 1.807) is 0 Å². The molecule has 15 heavy (non-hydrogen) atoms. The van der Waals surface area contributed by atoms with E-state index >= 15 is 0 Å². The minimum atomic E-state index is -4.08. The molecule has 0 saturated heterocycles. The SMILES string of the molecule is CN([N+](=O)[O-])S(=O)(=O)c1ccc(Cl)cc1. The zero-order valence-corrected chi connectivity index (χ0v) is 9.20. The maximum Gasteiger partial charge on any atom is 0.313 e. The maximum atomic E-state index is 11.5. The Balaban J connectivity index is 3.17. The van der Waals surface area contributed by atoms with E-state index < -0.39 is 15.1 Å². The van der Waals surface area contributed by atoms with Gasteiger partial charge in [-0.05, 0) is 28.7 Å². The van der Waals surface area contributed by atoms with Crippen molar-refractivity contribution in [2.24, 2.45) is 0 Å². The molecular formula is C7H7ClN2O4S. The normalized spacial score (nSPS) is 11.1. The Morgan fingerprint density at radius 3 is 2.20 bits per heavy atom. The third kappa shape index (κ3) is 2.37. The maximum absolute atomic E-state index is 11.5. The number of hydrazine groups is 1. The number of sulfonamides is 1. The molecule has 1 aromatic rings. The number of benzene rings is 1. The van der Waals surface area contributed by atoms with E-state index in [-0.39, 0.29) is 9.31 Å². The van der Waals surface area contributed by atoms with Crippen LogP contribution < -0.4 is 0 Å². The summed E-state index contributed by atoms with van der Waals surface area (Å²) in [6.07, 6.45) is 0. The van der Waals surface area contributed by atoms with Gasteiger partial charge in [0.15, 0.2) is 5.03 Å². The largest absolute Gasteiger partial charge is 0.313 e. The summed E-state index contributed by atoms with van der Waals surface area (Å²) < 4.78 is 23.1. The molecule has 0 radical (unpaired) electrons. The van der Waals surface area contributed by atoms with Crippen molar-refractivity contribution >= 4 is 21.6 Å². The summed E-state index contributed by atoms with van der Waals surface area (Å²) in [5.41, 5.74) is 0. The minimum absolute atomic E-state index is 0.0518. The molecule has 0 aromatic heterocycles. The molecule has 0 aliphatic rings. The molecule has 0 bridgehead atoms. The first-order valence-corrected chi connectivity index (χ1v) is 5.56. The summed E-state index contributed by atoms with van der Waals surface area (Å²) in [6, 6.07) is 5.11. The first kappa shape index (κ1) is 11.7. The molecule has 8 heteroatoms. The van der Waals surface area contributed by atoms with Crippen LogP contribution in [-0.2, 0) is 10.0 Å². The molecule has 0 aliphatic carbocycles. The van der Waals surface area contributed by atoms with Crippen molar-refractivity contribution in [2.45, 2.75) is 4.90 Å². The molecule has 0 amide bonds. The van der Waals surface area contributed by atoms with Gasteiger partial charge in [0.1, 0.15) is 0 Å². The van der Waals surface area contributed by atoms with Crippen molar-refractivity contribution in [3.05, 3.63) is 39.4 Å². The third-order valence-electron chi connectivity index (χ3n) is 1.69. The summed E-state index contributed by atoms with van der Waals surface area (Å²) in [5.74, 6) is 0. The number of hydrogen-bond acceptors (Lipinski definition) is 4. The first-order valence-electron chi connectivity index (χ1n) is 3.74. The molecule has 1 rings (SSSR count). The predicted molar refractivity (Wildman–Crippen MR) is 53.4 cm³/mol.